The largest absolute Gasteiger partial charge is 0.448 e. The van der Waals surface area contributed by atoms with Gasteiger partial charge in [0.05, 0.1) is 5.69 Å². The average molecular weight is 521 g/mol. The maximum atomic E-state index is 13.8. The number of methoxy groups -OCH3 is 1. The summed E-state index contributed by atoms with van der Waals surface area (Å²) in [4.78, 5) is 38.8. The van der Waals surface area contributed by atoms with E-state index in [1.807, 2.05) is 12.1 Å². The smallest absolute Gasteiger partial charge is 0.356 e. The second kappa shape index (κ2) is 9.58. The lowest BCUT2D eigenvalue weighted by Crippen LogP contribution is -2.70. The van der Waals surface area contributed by atoms with Gasteiger partial charge < -0.3 is 9.47 Å². The monoisotopic (exact) mass is 520 g/mol. The van der Waals surface area contributed by atoms with Gasteiger partial charge in [-0.2, -0.15) is 0 Å². The third kappa shape index (κ3) is 4.06. The SMILES string of the molecule is CO[C@H]1C(=O)N2C(C(=O)OC(c3ccccc3)c3ccccc3)=C(Cc3c[nH]nn3)C(=C=O)S(=O)(=O)[C@H]12. The number of carbonyl (C=O) groups is 2. The van der Waals surface area contributed by atoms with Crippen LogP contribution in [-0.2, 0) is 40.1 Å². The number of hydrogen-bond acceptors (Lipinski definition) is 9. The van der Waals surface area contributed by atoms with E-state index in [0.717, 1.165) is 4.90 Å². The molecule has 1 amide bonds. The number of sulfone groups is 1. The molecule has 2 aliphatic rings. The van der Waals surface area contributed by atoms with E-state index in [0.29, 0.717) is 11.1 Å². The van der Waals surface area contributed by atoms with Crippen molar-refractivity contribution in [2.45, 2.75) is 24.0 Å². The third-order valence-corrected chi connectivity index (χ3v) is 8.18. The first-order chi connectivity index (χ1) is 17.9. The molecule has 3 aromatic rings. The predicted molar refractivity (Wildman–Crippen MR) is 127 cm³/mol. The van der Waals surface area contributed by atoms with Crippen LogP contribution in [0.2, 0.25) is 0 Å². The molecule has 0 unspecified atom stereocenters. The molecule has 2 atom stereocenters. The lowest BCUT2D eigenvalue weighted by atomic mass is 9.99. The number of aromatic nitrogens is 3. The Labute approximate surface area is 211 Å². The number of nitrogens with zero attached hydrogens (tertiary/aromatic N) is 3. The number of β-lactam (4-membered cyclic amide) rings is 1. The number of H-pyrrole nitrogens is 1. The van der Waals surface area contributed by atoms with Crippen molar-refractivity contribution >= 4 is 27.7 Å². The van der Waals surface area contributed by atoms with Crippen molar-refractivity contribution < 1.29 is 32.3 Å². The van der Waals surface area contributed by atoms with Gasteiger partial charge in [0, 0.05) is 25.3 Å². The highest BCUT2D eigenvalue weighted by atomic mass is 32.2. The molecule has 188 valence electrons. The van der Waals surface area contributed by atoms with Gasteiger partial charge in [0.1, 0.15) is 11.6 Å². The van der Waals surface area contributed by atoms with Crippen molar-refractivity contribution in [2.24, 2.45) is 0 Å². The first kappa shape index (κ1) is 24.3. The fraction of sp³-hybridized carbons (Fsp3) is 0.200. The molecule has 1 fully saturated rings. The van der Waals surface area contributed by atoms with E-state index in [1.54, 1.807) is 48.5 Å². The molecule has 12 heteroatoms. The normalized spacial score (nSPS) is 20.3. The molecule has 2 aliphatic heterocycles. The van der Waals surface area contributed by atoms with Crippen LogP contribution in [0.1, 0.15) is 22.9 Å². The number of aromatic amines is 1. The average Bonchev–Trinajstić information content (AvgIpc) is 3.42. The van der Waals surface area contributed by atoms with Crippen molar-refractivity contribution in [1.29, 1.82) is 0 Å². The van der Waals surface area contributed by atoms with Gasteiger partial charge in [-0.1, -0.05) is 65.9 Å². The minimum atomic E-state index is -4.41. The lowest BCUT2D eigenvalue weighted by molar-refractivity contribution is -0.164. The Balaban J connectivity index is 1.65. The lowest BCUT2D eigenvalue weighted by Gasteiger charge is -2.48. The minimum Gasteiger partial charge on any atom is -0.448 e. The zero-order chi connectivity index (χ0) is 26.2. The van der Waals surface area contributed by atoms with Crippen LogP contribution in [0.4, 0.5) is 0 Å². The Hall–Kier alpha value is -4.38. The Morgan fingerprint density at radius 1 is 1.11 bits per heavy atom. The summed E-state index contributed by atoms with van der Waals surface area (Å²) < 4.78 is 37.6. The molecule has 2 aromatic carbocycles. The fourth-order valence-electron chi connectivity index (χ4n) is 4.48. The van der Waals surface area contributed by atoms with Gasteiger partial charge in [-0.05, 0) is 11.1 Å². The van der Waals surface area contributed by atoms with E-state index in [2.05, 4.69) is 15.4 Å². The summed E-state index contributed by atoms with van der Waals surface area (Å²) in [6.07, 6.45) is -1.18. The number of rotatable bonds is 7. The number of ether oxygens (including phenoxy) is 2. The predicted octanol–water partition coefficient (Wildman–Crippen LogP) is 1.26. The number of amides is 1. The van der Waals surface area contributed by atoms with Crippen LogP contribution in [-0.4, -0.2) is 65.1 Å². The van der Waals surface area contributed by atoms with Crippen LogP contribution in [0.5, 0.6) is 0 Å². The topological polar surface area (TPSA) is 149 Å². The van der Waals surface area contributed by atoms with Gasteiger partial charge in [0.2, 0.25) is 9.84 Å². The Bertz CT molecular complexity index is 1490. The van der Waals surface area contributed by atoms with E-state index >= 15 is 0 Å². The van der Waals surface area contributed by atoms with Crippen molar-refractivity contribution in [3.63, 3.8) is 0 Å². The number of fused-ring (bicyclic) bond motifs is 1. The first-order valence-electron chi connectivity index (χ1n) is 11.1. The second-order valence-corrected chi connectivity index (χ2v) is 10.3. The standard InChI is InChI=1S/C25H20N4O7S/c1-35-22-23(31)29-20(18(12-17-13-26-28-27-17)19(14-30)37(33,34)24(22)29)25(32)36-21(15-8-4-2-5-9-15)16-10-6-3-7-11-16/h2-11,13,21-22,24H,12H2,1H3,(H,26,27,28)/t22-,24+/m0/s1. The molecule has 37 heavy (non-hydrogen) atoms. The first-order valence-corrected chi connectivity index (χ1v) is 12.7. The number of esters is 1. The van der Waals surface area contributed by atoms with Gasteiger partial charge in [0.15, 0.2) is 22.5 Å². The van der Waals surface area contributed by atoms with Crippen molar-refractivity contribution in [1.82, 2.24) is 20.3 Å². The maximum Gasteiger partial charge on any atom is 0.356 e. The minimum absolute atomic E-state index is 0.237. The Morgan fingerprint density at radius 2 is 1.73 bits per heavy atom. The highest BCUT2D eigenvalue weighted by molar-refractivity contribution is 7.96. The summed E-state index contributed by atoms with van der Waals surface area (Å²) >= 11 is 0. The summed E-state index contributed by atoms with van der Waals surface area (Å²) in [5.41, 5.74) is 0.901. The van der Waals surface area contributed by atoms with Gasteiger partial charge in [-0.3, -0.25) is 14.8 Å². The van der Waals surface area contributed by atoms with Crippen molar-refractivity contribution in [3.8, 4) is 0 Å². The fourth-order valence-corrected chi connectivity index (χ4v) is 6.39. The van der Waals surface area contributed by atoms with Gasteiger partial charge in [-0.25, -0.2) is 18.0 Å². The number of hydrogen-bond donors (Lipinski definition) is 1. The summed E-state index contributed by atoms with van der Waals surface area (Å²) in [7, 11) is -3.24. The Morgan fingerprint density at radius 3 is 2.24 bits per heavy atom. The highest BCUT2D eigenvalue weighted by Crippen LogP contribution is 2.44. The summed E-state index contributed by atoms with van der Waals surface area (Å²) in [5, 5.41) is 8.31. The molecular formula is C25H20N4O7S. The third-order valence-electron chi connectivity index (χ3n) is 6.19. The second-order valence-electron chi connectivity index (χ2n) is 8.31. The van der Waals surface area contributed by atoms with E-state index in [1.165, 1.54) is 19.2 Å². The van der Waals surface area contributed by atoms with Crippen LogP contribution < -0.4 is 0 Å². The molecule has 1 aromatic heterocycles. The molecule has 1 N–H and O–H groups in total. The number of benzene rings is 2. The van der Waals surface area contributed by atoms with Gasteiger partial charge in [-0.15, -0.1) is 5.10 Å². The molecule has 0 spiro atoms. The van der Waals surface area contributed by atoms with Crippen LogP contribution in [0.3, 0.4) is 0 Å². The summed E-state index contributed by atoms with van der Waals surface area (Å²) in [5.74, 6) is -0.279. The molecule has 1 saturated heterocycles. The number of allylic oxidation sites excluding steroid dienone is 1. The molecule has 0 saturated carbocycles. The maximum absolute atomic E-state index is 13.8. The Kier molecular flexibility index (Phi) is 6.30. The molecule has 0 aliphatic carbocycles. The quantitative estimate of drug-likeness (QED) is 0.276. The summed E-state index contributed by atoms with van der Waals surface area (Å²) in [6.45, 7) is 0. The summed E-state index contributed by atoms with van der Waals surface area (Å²) in [6, 6.07) is 17.9. The van der Waals surface area contributed by atoms with Crippen LogP contribution in [0.25, 0.3) is 0 Å². The van der Waals surface area contributed by atoms with E-state index in [9.17, 15) is 22.8 Å². The van der Waals surface area contributed by atoms with Crippen LogP contribution in [0.15, 0.2) is 83.0 Å². The molecule has 3 heterocycles. The van der Waals surface area contributed by atoms with E-state index in [-0.39, 0.29) is 23.4 Å². The van der Waals surface area contributed by atoms with Crippen molar-refractivity contribution in [2.75, 3.05) is 7.11 Å². The van der Waals surface area contributed by atoms with Crippen LogP contribution in [0, 0.1) is 0 Å². The molecule has 5 rings (SSSR count). The molecule has 0 radical (unpaired) electrons. The van der Waals surface area contributed by atoms with Crippen LogP contribution >= 0.6 is 0 Å². The van der Waals surface area contributed by atoms with E-state index in [4.69, 9.17) is 9.47 Å². The number of carbonyl (C=O) groups excluding carboxylic acids is 3. The van der Waals surface area contributed by atoms with Gasteiger partial charge >= 0.3 is 5.97 Å². The van der Waals surface area contributed by atoms with E-state index < -0.39 is 44.2 Å². The zero-order valence-corrected chi connectivity index (χ0v) is 20.2. The number of nitrogens with one attached hydrogen (secondary N) is 1. The highest BCUT2D eigenvalue weighted by Gasteiger charge is 2.63. The molecule has 0 bridgehead atoms. The zero-order valence-electron chi connectivity index (χ0n) is 19.4. The molecular weight excluding hydrogens is 500 g/mol. The van der Waals surface area contributed by atoms with Crippen molar-refractivity contribution in [3.05, 3.63) is 99.9 Å². The van der Waals surface area contributed by atoms with Gasteiger partial charge in [0.25, 0.3) is 5.91 Å². The molecule has 11 nitrogen and oxygen atoms in total.